The molecule has 0 fully saturated rings. The summed E-state index contributed by atoms with van der Waals surface area (Å²) in [6.07, 6.45) is 0. The maximum Gasteiger partial charge on any atom is 0.181 e. The van der Waals surface area contributed by atoms with Crippen LogP contribution in [0.3, 0.4) is 0 Å². The van der Waals surface area contributed by atoms with E-state index in [0.29, 0.717) is 45.5 Å². The van der Waals surface area contributed by atoms with Gasteiger partial charge in [-0.3, -0.25) is 0 Å². The number of rotatable bonds is 4. The zero-order valence-corrected chi connectivity index (χ0v) is 18.4. The van der Waals surface area contributed by atoms with Gasteiger partial charge in [0, 0.05) is 22.5 Å². The van der Waals surface area contributed by atoms with Crippen LogP contribution in [0.1, 0.15) is 22.3 Å². The number of anilines is 2. The summed E-state index contributed by atoms with van der Waals surface area (Å²) in [6, 6.07) is 14.5. The van der Waals surface area contributed by atoms with Gasteiger partial charge in [0.15, 0.2) is 23.0 Å². The van der Waals surface area contributed by atoms with Crippen molar-refractivity contribution in [3.8, 4) is 46.7 Å². The van der Waals surface area contributed by atoms with Gasteiger partial charge in [-0.25, -0.2) is 0 Å². The van der Waals surface area contributed by atoms with Gasteiger partial charge in [0.1, 0.15) is 11.1 Å². The predicted octanol–water partition coefficient (Wildman–Crippen LogP) is 3.69. The third-order valence-corrected chi connectivity index (χ3v) is 4.62. The quantitative estimate of drug-likeness (QED) is 0.487. The molecule has 0 saturated carbocycles. The maximum atomic E-state index is 5.76. The first-order chi connectivity index (χ1) is 15.5. The second-order valence-electron chi connectivity index (χ2n) is 6.63. The van der Waals surface area contributed by atoms with E-state index in [4.69, 9.17) is 30.4 Å². The number of benzene rings is 3. The highest BCUT2D eigenvalue weighted by molar-refractivity contribution is 5.75. The first-order valence-electron chi connectivity index (χ1n) is 9.67. The van der Waals surface area contributed by atoms with Crippen LogP contribution < -0.4 is 30.4 Å². The Hall–Kier alpha value is -4.42. The highest BCUT2D eigenvalue weighted by Gasteiger charge is 2.26. The van der Waals surface area contributed by atoms with Crippen molar-refractivity contribution in [3.63, 3.8) is 0 Å². The molecule has 3 aromatic rings. The summed E-state index contributed by atoms with van der Waals surface area (Å²) in [5.74, 6) is 14.0. The number of ether oxygens (including phenoxy) is 4. The molecule has 0 saturated heterocycles. The van der Waals surface area contributed by atoms with Gasteiger partial charge >= 0.3 is 0 Å². The first kappa shape index (κ1) is 22.3. The van der Waals surface area contributed by atoms with Gasteiger partial charge in [0.05, 0.1) is 28.4 Å². The minimum atomic E-state index is 0.398. The van der Waals surface area contributed by atoms with Crippen LogP contribution in [0.5, 0.6) is 23.0 Å². The van der Waals surface area contributed by atoms with Gasteiger partial charge in [-0.05, 0) is 48.5 Å². The Balaban J connectivity index is 2.22. The van der Waals surface area contributed by atoms with E-state index in [1.54, 1.807) is 24.3 Å². The molecule has 0 unspecified atom stereocenters. The minimum Gasteiger partial charge on any atom is -0.491 e. The Morgan fingerprint density at radius 2 is 0.750 bits per heavy atom. The van der Waals surface area contributed by atoms with Gasteiger partial charge in [0.25, 0.3) is 0 Å². The molecule has 3 rings (SSSR count). The monoisotopic (exact) mass is 428 g/mol. The maximum absolute atomic E-state index is 5.76. The molecule has 162 valence electrons. The Labute approximate surface area is 188 Å². The second kappa shape index (κ2) is 10.1. The van der Waals surface area contributed by atoms with Gasteiger partial charge in [-0.15, -0.1) is 0 Å². The molecular weight excluding hydrogens is 404 g/mol. The Morgan fingerprint density at radius 3 is 1.00 bits per heavy atom. The lowest BCUT2D eigenvalue weighted by atomic mass is 10.0. The topological polar surface area (TPSA) is 89.0 Å². The lowest BCUT2D eigenvalue weighted by Gasteiger charge is -2.18. The van der Waals surface area contributed by atoms with E-state index in [0.717, 1.165) is 11.1 Å². The molecule has 0 aromatic heterocycles. The predicted molar refractivity (Wildman–Crippen MR) is 126 cm³/mol. The lowest BCUT2D eigenvalue weighted by molar-refractivity contribution is 0.326. The van der Waals surface area contributed by atoms with E-state index >= 15 is 0 Å². The summed E-state index contributed by atoms with van der Waals surface area (Å²) >= 11 is 0. The van der Waals surface area contributed by atoms with Crippen molar-refractivity contribution >= 4 is 11.4 Å². The molecule has 0 spiro atoms. The van der Waals surface area contributed by atoms with Crippen molar-refractivity contribution in [1.29, 1.82) is 0 Å². The van der Waals surface area contributed by atoms with Crippen LogP contribution in [0, 0.1) is 23.7 Å². The molecular formula is C26H24N2O4. The summed E-state index contributed by atoms with van der Waals surface area (Å²) in [5.41, 5.74) is 15.4. The number of hydrogen-bond donors (Lipinski definition) is 2. The highest BCUT2D eigenvalue weighted by Crippen LogP contribution is 2.47. The summed E-state index contributed by atoms with van der Waals surface area (Å²) in [4.78, 5) is 0. The zero-order chi connectivity index (χ0) is 23.1. The average molecular weight is 428 g/mol. The second-order valence-corrected chi connectivity index (χ2v) is 6.63. The average Bonchev–Trinajstić information content (AvgIpc) is 2.82. The van der Waals surface area contributed by atoms with Gasteiger partial charge in [0.2, 0.25) is 0 Å². The number of hydrogen-bond acceptors (Lipinski definition) is 6. The molecule has 0 radical (unpaired) electrons. The summed E-state index contributed by atoms with van der Waals surface area (Å²) in [5, 5.41) is 0. The van der Waals surface area contributed by atoms with E-state index in [1.165, 1.54) is 28.4 Å². The molecule has 3 aromatic carbocycles. The third kappa shape index (κ3) is 4.66. The highest BCUT2D eigenvalue weighted by atomic mass is 16.5. The Bertz CT molecular complexity index is 1090. The van der Waals surface area contributed by atoms with Crippen molar-refractivity contribution in [2.75, 3.05) is 39.9 Å². The largest absolute Gasteiger partial charge is 0.491 e. The first-order valence-corrected chi connectivity index (χ1v) is 9.67. The van der Waals surface area contributed by atoms with E-state index < -0.39 is 0 Å². The minimum absolute atomic E-state index is 0.398. The van der Waals surface area contributed by atoms with Crippen molar-refractivity contribution in [1.82, 2.24) is 0 Å². The fraction of sp³-hybridized carbons (Fsp3) is 0.154. The number of nitrogen functional groups attached to an aromatic ring is 2. The van der Waals surface area contributed by atoms with Gasteiger partial charge < -0.3 is 30.4 Å². The van der Waals surface area contributed by atoms with Crippen LogP contribution >= 0.6 is 0 Å². The molecule has 0 aliphatic heterocycles. The number of methoxy groups -OCH3 is 4. The Kier molecular flexibility index (Phi) is 7.00. The van der Waals surface area contributed by atoms with Crippen molar-refractivity contribution in [3.05, 3.63) is 70.8 Å². The summed E-state index contributed by atoms with van der Waals surface area (Å²) in [6.45, 7) is 0. The molecule has 0 aliphatic carbocycles. The summed E-state index contributed by atoms with van der Waals surface area (Å²) in [7, 11) is 6.15. The molecule has 6 nitrogen and oxygen atoms in total. The third-order valence-electron chi connectivity index (χ3n) is 4.62. The fourth-order valence-corrected chi connectivity index (χ4v) is 3.07. The smallest absolute Gasteiger partial charge is 0.181 e. The fourth-order valence-electron chi connectivity index (χ4n) is 3.07. The molecule has 0 bridgehead atoms. The molecule has 32 heavy (non-hydrogen) atoms. The zero-order valence-electron chi connectivity index (χ0n) is 18.4. The van der Waals surface area contributed by atoms with Gasteiger partial charge in [-0.1, -0.05) is 23.7 Å². The SMILES string of the molecule is COc1c(C#Cc2ccc(N)cc2)c(OC)c(OC)c(C#Cc2ccc(N)cc2)c1OC. The van der Waals surface area contributed by atoms with Crippen molar-refractivity contribution in [2.45, 2.75) is 0 Å². The van der Waals surface area contributed by atoms with E-state index in [2.05, 4.69) is 23.7 Å². The Morgan fingerprint density at radius 1 is 0.469 bits per heavy atom. The van der Waals surface area contributed by atoms with E-state index in [9.17, 15) is 0 Å². The molecule has 0 atom stereocenters. The lowest BCUT2D eigenvalue weighted by Crippen LogP contribution is -2.03. The van der Waals surface area contributed by atoms with Crippen LogP contribution in [0.2, 0.25) is 0 Å². The van der Waals surface area contributed by atoms with Crippen LogP contribution in [0.15, 0.2) is 48.5 Å². The molecule has 0 amide bonds. The number of nitrogens with two attached hydrogens (primary N) is 2. The van der Waals surface area contributed by atoms with Crippen LogP contribution in [-0.2, 0) is 0 Å². The van der Waals surface area contributed by atoms with E-state index in [-0.39, 0.29) is 0 Å². The van der Waals surface area contributed by atoms with Crippen molar-refractivity contribution in [2.24, 2.45) is 0 Å². The van der Waals surface area contributed by atoms with Gasteiger partial charge in [-0.2, -0.15) is 0 Å². The summed E-state index contributed by atoms with van der Waals surface area (Å²) < 4.78 is 22.6. The molecule has 6 heteroatoms. The molecule has 4 N–H and O–H groups in total. The van der Waals surface area contributed by atoms with Crippen LogP contribution in [0.25, 0.3) is 0 Å². The van der Waals surface area contributed by atoms with Crippen molar-refractivity contribution < 1.29 is 18.9 Å². The standard InChI is InChI=1S/C26H24N2O4/c1-29-23-21(15-9-17-5-11-19(27)12-6-17)25(31-3)26(32-4)22(24(23)30-2)16-10-18-7-13-20(28)14-8-18/h5-8,11-14H,27-28H2,1-4H3. The molecule has 0 heterocycles. The molecule has 0 aliphatic rings. The van der Waals surface area contributed by atoms with Crippen LogP contribution in [-0.4, -0.2) is 28.4 Å². The van der Waals surface area contributed by atoms with Crippen LogP contribution in [0.4, 0.5) is 11.4 Å². The van der Waals surface area contributed by atoms with E-state index in [1.807, 2.05) is 24.3 Å². The normalized spacial score (nSPS) is 9.62.